The third-order valence-corrected chi connectivity index (χ3v) is 5.36. The molecule has 0 unspecified atom stereocenters. The van der Waals surface area contributed by atoms with E-state index in [1.807, 2.05) is 24.3 Å². The summed E-state index contributed by atoms with van der Waals surface area (Å²) < 4.78 is 0. The number of nitrogens with one attached hydrogen (secondary N) is 1. The van der Waals surface area contributed by atoms with Crippen molar-refractivity contribution in [1.82, 2.24) is 0 Å². The van der Waals surface area contributed by atoms with Crippen LogP contribution in [0.5, 0.6) is 5.75 Å². The number of fused-ring (bicyclic) bond motifs is 3. The highest BCUT2D eigenvalue weighted by atomic mass is 35.5. The molecule has 0 amide bonds. The van der Waals surface area contributed by atoms with Crippen LogP contribution in [0.3, 0.4) is 0 Å². The van der Waals surface area contributed by atoms with Gasteiger partial charge in [-0.1, -0.05) is 35.9 Å². The Kier molecular flexibility index (Phi) is 3.61. The Bertz CT molecular complexity index is 841. The van der Waals surface area contributed by atoms with Crippen LogP contribution in [0.15, 0.2) is 48.6 Å². The largest absolute Gasteiger partial charge is 0.506 e. The van der Waals surface area contributed by atoms with Crippen molar-refractivity contribution >= 4 is 23.1 Å². The summed E-state index contributed by atoms with van der Waals surface area (Å²) in [5.41, 5.74) is 3.42. The predicted octanol–water partition coefficient (Wildman–Crippen LogP) is 5.07. The number of allylic oxidation sites excluding steroid dienone is 2. The van der Waals surface area contributed by atoms with Gasteiger partial charge in [0.2, 0.25) is 0 Å². The summed E-state index contributed by atoms with van der Waals surface area (Å²) in [6.07, 6.45) is 5.28. The van der Waals surface area contributed by atoms with Crippen LogP contribution < -0.4 is 5.32 Å². The fraction of sp³-hybridized carbons (Fsp3) is 0.250. The maximum absolute atomic E-state index is 12.1. The minimum absolute atomic E-state index is 0.0250. The van der Waals surface area contributed by atoms with Gasteiger partial charge in [-0.05, 0) is 54.7 Å². The van der Waals surface area contributed by atoms with E-state index in [9.17, 15) is 9.90 Å². The molecule has 2 aromatic rings. The summed E-state index contributed by atoms with van der Waals surface area (Å²) in [6.45, 7) is 1.58. The van der Waals surface area contributed by atoms with E-state index in [4.69, 9.17) is 11.6 Å². The van der Waals surface area contributed by atoms with Crippen LogP contribution in [0.2, 0.25) is 5.02 Å². The van der Waals surface area contributed by atoms with E-state index in [0.717, 1.165) is 17.5 Å². The van der Waals surface area contributed by atoms with Crippen LogP contribution in [-0.4, -0.2) is 10.9 Å². The Morgan fingerprint density at radius 2 is 1.96 bits per heavy atom. The molecule has 3 atom stereocenters. The number of Topliss-reactive ketones (excluding diaryl/α,β-unsaturated/α-hetero) is 1. The lowest BCUT2D eigenvalue weighted by Gasteiger charge is -2.38. The van der Waals surface area contributed by atoms with Gasteiger partial charge in [0, 0.05) is 16.5 Å². The second kappa shape index (κ2) is 5.67. The third kappa shape index (κ3) is 2.31. The fourth-order valence-corrected chi connectivity index (χ4v) is 4.13. The Morgan fingerprint density at radius 3 is 2.67 bits per heavy atom. The van der Waals surface area contributed by atoms with Gasteiger partial charge in [0.25, 0.3) is 0 Å². The summed E-state index contributed by atoms with van der Waals surface area (Å²) in [4.78, 5) is 12.1. The minimum atomic E-state index is 0.0250. The van der Waals surface area contributed by atoms with Crippen molar-refractivity contribution in [2.45, 2.75) is 25.3 Å². The molecule has 0 bridgehead atoms. The molecule has 1 heterocycles. The maximum atomic E-state index is 12.1. The number of phenols is 1. The van der Waals surface area contributed by atoms with Crippen molar-refractivity contribution in [2.75, 3.05) is 5.32 Å². The van der Waals surface area contributed by atoms with E-state index in [0.29, 0.717) is 22.2 Å². The van der Waals surface area contributed by atoms with Crippen LogP contribution in [0, 0.1) is 5.92 Å². The molecule has 1 aliphatic carbocycles. The van der Waals surface area contributed by atoms with Gasteiger partial charge in [-0.3, -0.25) is 4.79 Å². The van der Waals surface area contributed by atoms with Crippen molar-refractivity contribution in [3.05, 3.63) is 70.3 Å². The quantitative estimate of drug-likeness (QED) is 0.456. The normalized spacial score (nSPS) is 24.2. The molecule has 0 saturated carbocycles. The molecule has 4 heteroatoms. The molecular formula is C20H18ClNO2. The number of phenolic OH excluding ortho intramolecular Hbond substituents is 1. The lowest BCUT2D eigenvalue weighted by molar-refractivity contribution is 0.101. The number of halogens is 1. The molecule has 3 nitrogen and oxygen atoms in total. The summed E-state index contributed by atoms with van der Waals surface area (Å²) in [5, 5.41) is 14.6. The molecule has 4 rings (SSSR count). The zero-order chi connectivity index (χ0) is 16.8. The van der Waals surface area contributed by atoms with Gasteiger partial charge in [-0.2, -0.15) is 0 Å². The van der Waals surface area contributed by atoms with Crippen LogP contribution >= 0.6 is 11.6 Å². The van der Waals surface area contributed by atoms with Gasteiger partial charge in [0.05, 0.1) is 11.7 Å². The van der Waals surface area contributed by atoms with E-state index < -0.39 is 0 Å². The van der Waals surface area contributed by atoms with Gasteiger partial charge < -0.3 is 10.4 Å². The summed E-state index contributed by atoms with van der Waals surface area (Å²) in [7, 11) is 0. The van der Waals surface area contributed by atoms with Gasteiger partial charge >= 0.3 is 0 Å². The molecule has 0 radical (unpaired) electrons. The highest BCUT2D eigenvalue weighted by Gasteiger charge is 2.40. The Morgan fingerprint density at radius 1 is 1.21 bits per heavy atom. The van der Waals surface area contributed by atoms with Gasteiger partial charge in [-0.15, -0.1) is 0 Å². The van der Waals surface area contributed by atoms with Crippen LogP contribution in [0.1, 0.15) is 46.8 Å². The molecule has 0 aromatic heterocycles. The summed E-state index contributed by atoms with van der Waals surface area (Å²) in [6, 6.07) is 11.2. The predicted molar refractivity (Wildman–Crippen MR) is 95.9 cm³/mol. The van der Waals surface area contributed by atoms with Crippen molar-refractivity contribution in [3.8, 4) is 5.75 Å². The molecule has 0 fully saturated rings. The standard InChI is InChI=1S/C20H18ClNO2/c1-11(23)14-9-10-17(24)20-18(14)15-3-2-4-16(15)19(22-20)12-5-7-13(21)8-6-12/h2-3,5-10,15-16,19,22,24H,4H2,1H3/t15-,16-,19-/m1/s1. The van der Waals surface area contributed by atoms with Gasteiger partial charge in [-0.25, -0.2) is 0 Å². The van der Waals surface area contributed by atoms with Crippen LogP contribution in [0.25, 0.3) is 0 Å². The number of ketones is 1. The number of carbonyl (C=O) groups excluding carboxylic acids is 1. The van der Waals surface area contributed by atoms with Gasteiger partial charge in [0.1, 0.15) is 5.75 Å². The third-order valence-electron chi connectivity index (χ3n) is 5.11. The number of hydrogen-bond donors (Lipinski definition) is 2. The fourth-order valence-electron chi connectivity index (χ4n) is 4.00. The molecule has 24 heavy (non-hydrogen) atoms. The monoisotopic (exact) mass is 339 g/mol. The maximum Gasteiger partial charge on any atom is 0.160 e. The molecular weight excluding hydrogens is 322 g/mol. The first-order valence-corrected chi connectivity index (χ1v) is 8.49. The Labute approximate surface area is 146 Å². The number of hydrogen-bond acceptors (Lipinski definition) is 3. The van der Waals surface area contributed by atoms with Gasteiger partial charge in [0.15, 0.2) is 5.78 Å². The SMILES string of the molecule is CC(=O)c1ccc(O)c2c1[C@@H]1C=CC[C@H]1[C@@H](c1ccc(Cl)cc1)N2. The average Bonchev–Trinajstić information content (AvgIpc) is 3.05. The lowest BCUT2D eigenvalue weighted by Crippen LogP contribution is -2.30. The average molecular weight is 340 g/mol. The minimum Gasteiger partial charge on any atom is -0.506 e. The van der Waals surface area contributed by atoms with Crippen LogP contribution in [-0.2, 0) is 0 Å². The molecule has 0 saturated heterocycles. The van der Waals surface area contributed by atoms with E-state index in [1.165, 1.54) is 0 Å². The number of aromatic hydroxyl groups is 1. The molecule has 0 spiro atoms. The van der Waals surface area contributed by atoms with E-state index >= 15 is 0 Å². The molecule has 1 aliphatic heterocycles. The number of carbonyl (C=O) groups is 1. The topological polar surface area (TPSA) is 49.3 Å². The highest BCUT2D eigenvalue weighted by Crippen LogP contribution is 2.53. The first-order chi connectivity index (χ1) is 11.6. The highest BCUT2D eigenvalue weighted by molar-refractivity contribution is 6.30. The van der Waals surface area contributed by atoms with E-state index in [2.05, 4.69) is 17.5 Å². The van der Waals surface area contributed by atoms with E-state index in [1.54, 1.807) is 19.1 Å². The second-order valence-corrected chi connectivity index (χ2v) is 6.94. The summed E-state index contributed by atoms with van der Waals surface area (Å²) in [5.74, 6) is 0.663. The van der Waals surface area contributed by atoms with Crippen molar-refractivity contribution < 1.29 is 9.90 Å². The number of rotatable bonds is 2. The van der Waals surface area contributed by atoms with Crippen molar-refractivity contribution in [3.63, 3.8) is 0 Å². The zero-order valence-corrected chi connectivity index (χ0v) is 14.0. The zero-order valence-electron chi connectivity index (χ0n) is 13.3. The summed E-state index contributed by atoms with van der Waals surface area (Å²) >= 11 is 6.01. The molecule has 122 valence electrons. The van der Waals surface area contributed by atoms with Crippen molar-refractivity contribution in [2.24, 2.45) is 5.92 Å². The van der Waals surface area contributed by atoms with E-state index in [-0.39, 0.29) is 23.5 Å². The smallest absolute Gasteiger partial charge is 0.160 e. The van der Waals surface area contributed by atoms with Crippen LogP contribution in [0.4, 0.5) is 5.69 Å². The second-order valence-electron chi connectivity index (χ2n) is 6.50. The first-order valence-electron chi connectivity index (χ1n) is 8.11. The molecule has 2 aromatic carbocycles. The number of benzene rings is 2. The van der Waals surface area contributed by atoms with Crippen molar-refractivity contribution in [1.29, 1.82) is 0 Å². The molecule has 2 N–H and O–H groups in total. The lowest BCUT2D eigenvalue weighted by atomic mass is 9.75. The molecule has 2 aliphatic rings. The Hall–Kier alpha value is -2.26. The Balaban J connectivity index is 1.86. The number of anilines is 1. The first kappa shape index (κ1) is 15.3.